The molecule has 1 unspecified atom stereocenters. The molecule has 0 N–H and O–H groups in total. The van der Waals surface area contributed by atoms with Gasteiger partial charge in [0.05, 0.1) is 12.7 Å². The van der Waals surface area contributed by atoms with Gasteiger partial charge in [-0.2, -0.15) is 0 Å². The molecule has 1 aliphatic rings. The van der Waals surface area contributed by atoms with E-state index < -0.39 is 18.2 Å². The van der Waals surface area contributed by atoms with E-state index in [4.69, 9.17) is 9.47 Å². The smallest absolute Gasteiger partial charge is 0.355 e. The molecule has 0 bridgehead atoms. The molecule has 1 heterocycles. The Morgan fingerprint density at radius 2 is 2.20 bits per heavy atom. The van der Waals surface area contributed by atoms with Gasteiger partial charge in [0.2, 0.25) is 0 Å². The van der Waals surface area contributed by atoms with Gasteiger partial charge in [-0.1, -0.05) is 12.1 Å². The lowest BCUT2D eigenvalue weighted by molar-refractivity contribution is -0.147. The zero-order chi connectivity index (χ0) is 14.7. The van der Waals surface area contributed by atoms with Crippen molar-refractivity contribution in [1.29, 1.82) is 0 Å². The average molecular weight is 275 g/mol. The Bertz CT molecular complexity index is 565. The van der Waals surface area contributed by atoms with Crippen LogP contribution in [0.3, 0.4) is 0 Å². The summed E-state index contributed by atoms with van der Waals surface area (Å²) in [5.41, 5.74) is 2.03. The number of esters is 2. The molecule has 0 saturated carbocycles. The lowest BCUT2D eigenvalue weighted by atomic mass is 10.1. The fraction of sp³-hybridized carbons (Fsp3) is 0.333. The number of benzene rings is 1. The van der Waals surface area contributed by atoms with Gasteiger partial charge in [0.1, 0.15) is 5.70 Å². The molecule has 0 fully saturated rings. The van der Waals surface area contributed by atoms with Crippen LogP contribution in [0.15, 0.2) is 36.0 Å². The quantitative estimate of drug-likeness (QED) is 0.791. The van der Waals surface area contributed by atoms with Crippen LogP contribution in [-0.2, 0) is 19.1 Å². The largest absolute Gasteiger partial charge is 0.461 e. The van der Waals surface area contributed by atoms with Gasteiger partial charge in [0.15, 0.2) is 6.23 Å². The second kappa shape index (κ2) is 5.77. The van der Waals surface area contributed by atoms with Crippen LogP contribution in [0.25, 0.3) is 0 Å². The molecule has 5 heteroatoms. The maximum Gasteiger partial charge on any atom is 0.355 e. The number of hydrogen-bond acceptors (Lipinski definition) is 5. The zero-order valence-corrected chi connectivity index (χ0v) is 11.8. The standard InChI is InChI=1S/C15H17NO4/c1-4-19-15(18)13-9-14(17)20-11(3)16(13)12-7-5-6-10(2)8-12/h5-9,11H,4H2,1-3H3. The molecule has 106 valence electrons. The Balaban J connectivity index is 2.43. The Kier molecular flexibility index (Phi) is 4.08. The van der Waals surface area contributed by atoms with Crippen LogP contribution in [0.4, 0.5) is 5.69 Å². The van der Waals surface area contributed by atoms with Crippen LogP contribution in [0.2, 0.25) is 0 Å². The third-order valence-electron chi connectivity index (χ3n) is 2.93. The maximum atomic E-state index is 12.0. The Morgan fingerprint density at radius 1 is 1.45 bits per heavy atom. The highest BCUT2D eigenvalue weighted by Crippen LogP contribution is 2.27. The number of nitrogens with zero attached hydrogens (tertiary/aromatic N) is 1. The number of rotatable bonds is 3. The fourth-order valence-electron chi connectivity index (χ4n) is 2.12. The van der Waals surface area contributed by atoms with Gasteiger partial charge < -0.3 is 9.47 Å². The van der Waals surface area contributed by atoms with Gasteiger partial charge in [0, 0.05) is 5.69 Å². The SMILES string of the molecule is CCOC(=O)C1=CC(=O)OC(C)N1c1cccc(C)c1. The molecule has 5 nitrogen and oxygen atoms in total. The number of anilines is 1. The second-order valence-corrected chi connectivity index (χ2v) is 4.50. The summed E-state index contributed by atoms with van der Waals surface area (Å²) in [5.74, 6) is -1.07. The fourth-order valence-corrected chi connectivity index (χ4v) is 2.12. The van der Waals surface area contributed by atoms with E-state index in [9.17, 15) is 9.59 Å². The maximum absolute atomic E-state index is 12.0. The van der Waals surface area contributed by atoms with E-state index in [1.165, 1.54) is 6.08 Å². The summed E-state index contributed by atoms with van der Waals surface area (Å²) in [6.07, 6.45) is 0.606. The normalized spacial score (nSPS) is 18.4. The highest BCUT2D eigenvalue weighted by Gasteiger charge is 2.32. The van der Waals surface area contributed by atoms with Crippen LogP contribution in [0.5, 0.6) is 0 Å². The molecule has 0 radical (unpaired) electrons. The summed E-state index contributed by atoms with van der Waals surface area (Å²) in [6, 6.07) is 7.62. The summed E-state index contributed by atoms with van der Waals surface area (Å²) in [4.78, 5) is 25.2. The van der Waals surface area contributed by atoms with Gasteiger partial charge in [-0.25, -0.2) is 9.59 Å². The van der Waals surface area contributed by atoms with Crippen molar-refractivity contribution >= 4 is 17.6 Å². The molecule has 0 aromatic heterocycles. The van der Waals surface area contributed by atoms with E-state index in [0.717, 1.165) is 11.3 Å². The molecule has 1 aliphatic heterocycles. The number of hydrogen-bond donors (Lipinski definition) is 0. The molecule has 0 saturated heterocycles. The average Bonchev–Trinajstić information content (AvgIpc) is 2.38. The lowest BCUT2D eigenvalue weighted by Gasteiger charge is -2.34. The molecule has 1 aromatic rings. The van der Waals surface area contributed by atoms with Crippen LogP contribution in [0, 0.1) is 6.92 Å². The van der Waals surface area contributed by atoms with Gasteiger partial charge in [-0.15, -0.1) is 0 Å². The van der Waals surface area contributed by atoms with E-state index in [0.29, 0.717) is 0 Å². The van der Waals surface area contributed by atoms with Crippen LogP contribution >= 0.6 is 0 Å². The van der Waals surface area contributed by atoms with E-state index in [1.807, 2.05) is 31.2 Å². The first-order valence-corrected chi connectivity index (χ1v) is 6.48. The van der Waals surface area contributed by atoms with Crippen molar-refractivity contribution in [3.63, 3.8) is 0 Å². The molecule has 0 aliphatic carbocycles. The van der Waals surface area contributed by atoms with Gasteiger partial charge >= 0.3 is 11.9 Å². The summed E-state index contributed by atoms with van der Waals surface area (Å²) >= 11 is 0. The van der Waals surface area contributed by atoms with Crippen LogP contribution < -0.4 is 4.90 Å². The summed E-state index contributed by atoms with van der Waals surface area (Å²) in [6.45, 7) is 5.64. The van der Waals surface area contributed by atoms with E-state index in [2.05, 4.69) is 0 Å². The lowest BCUT2D eigenvalue weighted by Crippen LogP contribution is -2.42. The minimum Gasteiger partial charge on any atom is -0.461 e. The van der Waals surface area contributed by atoms with Crippen LogP contribution in [-0.4, -0.2) is 24.8 Å². The number of ether oxygens (including phenoxy) is 2. The summed E-state index contributed by atoms with van der Waals surface area (Å²) in [5, 5.41) is 0. The first kappa shape index (κ1) is 14.1. The molecule has 1 atom stereocenters. The Labute approximate surface area is 117 Å². The molecule has 20 heavy (non-hydrogen) atoms. The summed E-state index contributed by atoms with van der Waals surface area (Å²) < 4.78 is 10.2. The first-order chi connectivity index (χ1) is 9.52. The van der Waals surface area contributed by atoms with Crippen molar-refractivity contribution < 1.29 is 19.1 Å². The summed E-state index contributed by atoms with van der Waals surface area (Å²) in [7, 11) is 0. The number of carbonyl (C=O) groups excluding carboxylic acids is 2. The van der Waals surface area contributed by atoms with Crippen molar-refractivity contribution in [1.82, 2.24) is 0 Å². The Hall–Kier alpha value is -2.30. The minimum absolute atomic E-state index is 0.196. The molecular weight excluding hydrogens is 258 g/mol. The predicted octanol–water partition coefficient (Wildman–Crippen LogP) is 2.15. The van der Waals surface area contributed by atoms with Crippen LogP contribution in [0.1, 0.15) is 19.4 Å². The molecule has 0 spiro atoms. The van der Waals surface area contributed by atoms with Gasteiger partial charge in [-0.3, -0.25) is 4.90 Å². The Morgan fingerprint density at radius 3 is 2.85 bits per heavy atom. The van der Waals surface area contributed by atoms with Crippen molar-refractivity contribution in [2.45, 2.75) is 27.0 Å². The monoisotopic (exact) mass is 275 g/mol. The second-order valence-electron chi connectivity index (χ2n) is 4.50. The minimum atomic E-state index is -0.561. The third kappa shape index (κ3) is 2.82. The zero-order valence-electron chi connectivity index (χ0n) is 11.8. The van der Waals surface area contributed by atoms with Gasteiger partial charge in [0.25, 0.3) is 0 Å². The molecular formula is C15H17NO4. The number of carbonyl (C=O) groups is 2. The van der Waals surface area contributed by atoms with Crippen molar-refractivity contribution in [3.05, 3.63) is 41.6 Å². The molecule has 2 rings (SSSR count). The highest BCUT2D eigenvalue weighted by atomic mass is 16.6. The third-order valence-corrected chi connectivity index (χ3v) is 2.93. The van der Waals surface area contributed by atoms with Crippen molar-refractivity contribution in [3.8, 4) is 0 Å². The topological polar surface area (TPSA) is 55.8 Å². The van der Waals surface area contributed by atoms with E-state index >= 15 is 0 Å². The molecule has 1 aromatic carbocycles. The molecule has 0 amide bonds. The highest BCUT2D eigenvalue weighted by molar-refractivity contribution is 6.01. The number of cyclic esters (lactones) is 1. The number of aryl methyl sites for hydroxylation is 1. The van der Waals surface area contributed by atoms with Gasteiger partial charge in [-0.05, 0) is 38.5 Å². The van der Waals surface area contributed by atoms with Crippen molar-refractivity contribution in [2.75, 3.05) is 11.5 Å². The first-order valence-electron chi connectivity index (χ1n) is 6.48. The van der Waals surface area contributed by atoms with Crippen molar-refractivity contribution in [2.24, 2.45) is 0 Å². The van der Waals surface area contributed by atoms with E-state index in [-0.39, 0.29) is 12.3 Å². The van der Waals surface area contributed by atoms with E-state index in [1.54, 1.807) is 18.7 Å². The predicted molar refractivity (Wildman–Crippen MR) is 73.9 cm³/mol.